The van der Waals surface area contributed by atoms with Gasteiger partial charge < -0.3 is 18.9 Å². The van der Waals surface area contributed by atoms with E-state index in [4.69, 9.17) is 18.3 Å². The van der Waals surface area contributed by atoms with Crippen LogP contribution in [0.2, 0.25) is 0 Å². The van der Waals surface area contributed by atoms with Crippen LogP contribution < -0.4 is 9.05 Å². The molecule has 48 heavy (non-hydrogen) atoms. The van der Waals surface area contributed by atoms with Crippen LogP contribution in [0, 0.1) is 20.8 Å². The largest absolute Gasteiger partial charge is 0.507 e. The number of fused-ring (bicyclic) bond motifs is 2. The summed E-state index contributed by atoms with van der Waals surface area (Å²) in [6.07, 6.45) is 2.96. The number of hydrogen-bond donors (Lipinski definition) is 1. The first kappa shape index (κ1) is 37.7. The Kier molecular flexibility index (Phi) is 11.6. The van der Waals surface area contributed by atoms with Crippen molar-refractivity contribution in [3.8, 4) is 17.2 Å². The highest BCUT2D eigenvalue weighted by atomic mass is 31.2. The van der Waals surface area contributed by atoms with Crippen LogP contribution in [0.5, 0.6) is 17.2 Å². The molecule has 1 N–H and O–H groups in total. The minimum absolute atomic E-state index is 0.123. The third-order valence-electron chi connectivity index (χ3n) is 8.73. The smallest absolute Gasteiger partial charge is 0.463 e. The number of unbranched alkanes of at least 4 members (excludes halogenated alkanes) is 1. The Morgan fingerprint density at radius 1 is 0.729 bits per heavy atom. The van der Waals surface area contributed by atoms with Crippen molar-refractivity contribution < 1.29 is 28.2 Å². The van der Waals surface area contributed by atoms with E-state index in [0.29, 0.717) is 44.6 Å². The van der Waals surface area contributed by atoms with E-state index in [-0.39, 0.29) is 22.2 Å². The van der Waals surface area contributed by atoms with Crippen LogP contribution >= 0.6 is 8.60 Å². The second kappa shape index (κ2) is 14.8. The molecule has 3 aromatic carbocycles. The van der Waals surface area contributed by atoms with Crippen LogP contribution in [-0.4, -0.2) is 24.3 Å². The molecule has 0 unspecified atom stereocenters. The number of carbonyl (C=O) groups is 1. The SMILES string of the molecule is Cc1cc2c(c(C(C)(C)C)c1)OP(OCCCCOC(=O)CCc1cc(C)c(O)c(C(C)(C)C)c1)Oc1c(cc(C)cc1C(C)(C)C)C2. The zero-order valence-corrected chi connectivity index (χ0v) is 32.2. The summed E-state index contributed by atoms with van der Waals surface area (Å²) in [5, 5.41) is 10.5. The number of phenols is 1. The fourth-order valence-electron chi connectivity index (χ4n) is 6.13. The molecular formula is C41H57O6P. The Bertz CT molecular complexity index is 1550. The maximum atomic E-state index is 12.6. The van der Waals surface area contributed by atoms with Gasteiger partial charge in [-0.1, -0.05) is 110 Å². The first-order valence-electron chi connectivity index (χ1n) is 17.3. The van der Waals surface area contributed by atoms with Crippen LogP contribution in [0.15, 0.2) is 36.4 Å². The standard InChI is InChI=1S/C41H57O6P/c1-26-19-30-25-31-20-27(2)22-34(41(10,11)12)38(31)47-48(46-37(30)33(21-26)40(7,8)9)45-18-14-13-17-44-35(42)16-15-29-23-28(3)36(43)32(24-29)39(4,5)6/h19-24,43H,13-18,25H2,1-12H3. The molecule has 0 fully saturated rings. The maximum absolute atomic E-state index is 12.6. The highest BCUT2D eigenvalue weighted by Gasteiger charge is 2.33. The number of ether oxygens (including phenoxy) is 1. The topological polar surface area (TPSA) is 74.2 Å². The Morgan fingerprint density at radius 3 is 1.73 bits per heavy atom. The summed E-state index contributed by atoms with van der Waals surface area (Å²) < 4.78 is 25.3. The lowest BCUT2D eigenvalue weighted by Gasteiger charge is -2.32. The zero-order chi connectivity index (χ0) is 35.6. The van der Waals surface area contributed by atoms with Crippen LogP contribution in [0.3, 0.4) is 0 Å². The molecule has 0 saturated heterocycles. The van der Waals surface area contributed by atoms with E-state index in [1.807, 2.05) is 19.1 Å². The van der Waals surface area contributed by atoms with Gasteiger partial charge in [0.05, 0.1) is 13.2 Å². The number of phenolic OH excluding ortho intramolecular Hbond substituents is 1. The molecule has 0 bridgehead atoms. The first-order chi connectivity index (χ1) is 22.2. The van der Waals surface area contributed by atoms with Crippen molar-refractivity contribution in [2.75, 3.05) is 13.2 Å². The summed E-state index contributed by atoms with van der Waals surface area (Å²) in [6.45, 7) is 26.4. The second-order valence-corrected chi connectivity index (χ2v) is 17.6. The van der Waals surface area contributed by atoms with Gasteiger partial charge in [0.25, 0.3) is 0 Å². The van der Waals surface area contributed by atoms with Gasteiger partial charge in [0, 0.05) is 24.0 Å². The summed E-state index contributed by atoms with van der Waals surface area (Å²) in [6, 6.07) is 12.8. The number of esters is 1. The van der Waals surface area contributed by atoms with Crippen LogP contribution in [0.25, 0.3) is 0 Å². The average Bonchev–Trinajstić information content (AvgIpc) is 2.94. The normalized spacial score (nSPS) is 13.9. The fraction of sp³-hybridized carbons (Fsp3) is 0.537. The maximum Gasteiger partial charge on any atom is 0.463 e. The van der Waals surface area contributed by atoms with E-state index >= 15 is 0 Å². The Morgan fingerprint density at radius 2 is 1.23 bits per heavy atom. The number of hydrogen-bond acceptors (Lipinski definition) is 6. The molecule has 3 aromatic rings. The van der Waals surface area contributed by atoms with E-state index in [9.17, 15) is 9.90 Å². The predicted molar refractivity (Wildman–Crippen MR) is 197 cm³/mol. The number of aromatic hydroxyl groups is 1. The summed E-state index contributed by atoms with van der Waals surface area (Å²) in [5.74, 6) is 1.82. The van der Waals surface area contributed by atoms with Gasteiger partial charge in [-0.25, -0.2) is 0 Å². The van der Waals surface area contributed by atoms with Gasteiger partial charge in [0.15, 0.2) is 0 Å². The van der Waals surface area contributed by atoms with Gasteiger partial charge in [-0.05, 0) is 84.1 Å². The van der Waals surface area contributed by atoms with Crippen molar-refractivity contribution in [2.24, 2.45) is 0 Å². The Balaban J connectivity index is 1.41. The molecule has 0 spiro atoms. The summed E-state index contributed by atoms with van der Waals surface area (Å²) in [7, 11) is -1.74. The monoisotopic (exact) mass is 676 g/mol. The van der Waals surface area contributed by atoms with Gasteiger partial charge in [-0.2, -0.15) is 0 Å². The lowest BCUT2D eigenvalue weighted by molar-refractivity contribution is -0.143. The van der Waals surface area contributed by atoms with E-state index in [2.05, 4.69) is 100 Å². The molecule has 0 saturated carbocycles. The molecule has 7 heteroatoms. The first-order valence-corrected chi connectivity index (χ1v) is 18.4. The highest BCUT2D eigenvalue weighted by Crippen LogP contribution is 2.52. The van der Waals surface area contributed by atoms with Crippen molar-refractivity contribution in [2.45, 2.75) is 131 Å². The molecule has 0 atom stereocenters. The predicted octanol–water partition coefficient (Wildman–Crippen LogP) is 10.8. The minimum Gasteiger partial charge on any atom is -0.507 e. The average molecular weight is 677 g/mol. The molecule has 4 rings (SSSR count). The van der Waals surface area contributed by atoms with Crippen molar-refractivity contribution in [3.63, 3.8) is 0 Å². The molecule has 0 aromatic heterocycles. The summed E-state index contributed by atoms with van der Waals surface area (Å²) in [5.41, 5.74) is 9.33. The van der Waals surface area contributed by atoms with E-state index < -0.39 is 8.60 Å². The Hall–Kier alpha value is -3.08. The van der Waals surface area contributed by atoms with Crippen molar-refractivity contribution in [1.82, 2.24) is 0 Å². The molecule has 0 amide bonds. The van der Waals surface area contributed by atoms with Crippen molar-refractivity contribution in [3.05, 3.63) is 86.5 Å². The number of carbonyl (C=O) groups excluding carboxylic acids is 1. The van der Waals surface area contributed by atoms with Gasteiger partial charge in [-0.3, -0.25) is 9.32 Å². The zero-order valence-electron chi connectivity index (χ0n) is 31.3. The van der Waals surface area contributed by atoms with Crippen LogP contribution in [0.4, 0.5) is 0 Å². The summed E-state index contributed by atoms with van der Waals surface area (Å²) >= 11 is 0. The molecule has 1 heterocycles. The van der Waals surface area contributed by atoms with E-state index in [1.54, 1.807) is 0 Å². The van der Waals surface area contributed by atoms with Crippen LogP contribution in [-0.2, 0) is 43.1 Å². The lowest BCUT2D eigenvalue weighted by atomic mass is 9.81. The number of rotatable bonds is 9. The quantitative estimate of drug-likeness (QED) is 0.138. The molecule has 262 valence electrons. The van der Waals surface area contributed by atoms with E-state index in [1.165, 1.54) is 11.1 Å². The van der Waals surface area contributed by atoms with Gasteiger partial charge >= 0.3 is 14.6 Å². The minimum atomic E-state index is -1.74. The highest BCUT2D eigenvalue weighted by molar-refractivity contribution is 7.42. The van der Waals surface area contributed by atoms with Gasteiger partial charge in [0.1, 0.15) is 17.2 Å². The van der Waals surface area contributed by atoms with E-state index in [0.717, 1.165) is 56.9 Å². The molecule has 1 aliphatic rings. The summed E-state index contributed by atoms with van der Waals surface area (Å²) in [4.78, 5) is 12.6. The van der Waals surface area contributed by atoms with Gasteiger partial charge in [0.2, 0.25) is 0 Å². The molecule has 6 nitrogen and oxygen atoms in total. The molecule has 0 radical (unpaired) electrons. The third-order valence-corrected chi connectivity index (χ3v) is 9.79. The second-order valence-electron chi connectivity index (χ2n) is 16.5. The van der Waals surface area contributed by atoms with Crippen molar-refractivity contribution >= 4 is 14.6 Å². The van der Waals surface area contributed by atoms with Crippen molar-refractivity contribution in [1.29, 1.82) is 0 Å². The van der Waals surface area contributed by atoms with Gasteiger partial charge in [-0.15, -0.1) is 0 Å². The third kappa shape index (κ3) is 9.54. The van der Waals surface area contributed by atoms with Crippen LogP contribution in [0.1, 0.15) is 132 Å². The fourth-order valence-corrected chi connectivity index (χ4v) is 7.28. The molecule has 0 aliphatic carbocycles. The Labute approximate surface area is 290 Å². The number of aryl methyl sites for hydroxylation is 4. The lowest BCUT2D eigenvalue weighted by Crippen LogP contribution is -2.19. The molecule has 1 aliphatic heterocycles. The number of benzene rings is 3. The molecular weight excluding hydrogens is 619 g/mol.